The SMILES string of the molecule is CCN1CCCC1CNc1c(F)cc(C#N)cc1F. The number of benzene rings is 1. The Morgan fingerprint density at radius 2 is 2.11 bits per heavy atom. The molecule has 1 saturated heterocycles. The van der Waals surface area contributed by atoms with Crippen LogP contribution >= 0.6 is 0 Å². The highest BCUT2D eigenvalue weighted by Gasteiger charge is 2.23. The maximum absolute atomic E-state index is 13.7. The Hall–Kier alpha value is -1.67. The van der Waals surface area contributed by atoms with E-state index in [1.165, 1.54) is 0 Å². The van der Waals surface area contributed by atoms with Gasteiger partial charge >= 0.3 is 0 Å². The molecule has 0 amide bonds. The normalized spacial score (nSPS) is 19.4. The minimum atomic E-state index is -0.711. The zero-order valence-corrected chi connectivity index (χ0v) is 10.9. The van der Waals surface area contributed by atoms with Gasteiger partial charge < -0.3 is 5.32 Å². The number of likely N-dealkylation sites (N-methyl/N-ethyl adjacent to an activating group) is 1. The Morgan fingerprint density at radius 3 is 2.68 bits per heavy atom. The Labute approximate surface area is 111 Å². The first kappa shape index (κ1) is 13.8. The minimum Gasteiger partial charge on any atom is -0.379 e. The molecule has 0 aliphatic carbocycles. The van der Waals surface area contributed by atoms with Crippen molar-refractivity contribution in [1.82, 2.24) is 4.90 Å². The van der Waals surface area contributed by atoms with Crippen LogP contribution < -0.4 is 5.32 Å². The first-order chi connectivity index (χ1) is 9.15. The van der Waals surface area contributed by atoms with Crippen LogP contribution in [0.2, 0.25) is 0 Å². The molecule has 2 rings (SSSR count). The number of anilines is 1. The number of nitrogens with one attached hydrogen (secondary N) is 1. The summed E-state index contributed by atoms with van der Waals surface area (Å²) in [4.78, 5) is 2.30. The molecule has 5 heteroatoms. The molecule has 0 saturated carbocycles. The van der Waals surface area contributed by atoms with E-state index < -0.39 is 11.6 Å². The lowest BCUT2D eigenvalue weighted by molar-refractivity contribution is 0.276. The molecule has 1 aromatic carbocycles. The maximum atomic E-state index is 13.7. The van der Waals surface area contributed by atoms with Crippen molar-refractivity contribution in [2.24, 2.45) is 0 Å². The highest BCUT2D eigenvalue weighted by atomic mass is 19.1. The lowest BCUT2D eigenvalue weighted by atomic mass is 10.1. The van der Waals surface area contributed by atoms with E-state index in [1.807, 2.05) is 0 Å². The van der Waals surface area contributed by atoms with Gasteiger partial charge in [-0.3, -0.25) is 4.90 Å². The summed E-state index contributed by atoms with van der Waals surface area (Å²) < 4.78 is 27.4. The first-order valence-corrected chi connectivity index (χ1v) is 6.52. The maximum Gasteiger partial charge on any atom is 0.150 e. The molecule has 1 aromatic rings. The van der Waals surface area contributed by atoms with Gasteiger partial charge in [0.25, 0.3) is 0 Å². The van der Waals surface area contributed by atoms with Gasteiger partial charge in [-0.05, 0) is 38.1 Å². The number of likely N-dealkylation sites (tertiary alicyclic amines) is 1. The minimum absolute atomic E-state index is 0.00315. The van der Waals surface area contributed by atoms with E-state index in [2.05, 4.69) is 17.1 Å². The lowest BCUT2D eigenvalue weighted by Gasteiger charge is -2.23. The summed E-state index contributed by atoms with van der Waals surface area (Å²) in [5.41, 5.74) is -0.140. The van der Waals surface area contributed by atoms with Crippen LogP contribution in [0.5, 0.6) is 0 Å². The fraction of sp³-hybridized carbons (Fsp3) is 0.500. The number of hydrogen-bond acceptors (Lipinski definition) is 3. The molecule has 0 bridgehead atoms. The average Bonchev–Trinajstić information content (AvgIpc) is 2.85. The standard InChI is InChI=1S/C14H17F2N3/c1-2-19-5-3-4-11(19)9-18-14-12(15)6-10(8-17)7-13(14)16/h6-7,11,18H,2-5,9H2,1H3. The van der Waals surface area contributed by atoms with Crippen molar-refractivity contribution in [3.05, 3.63) is 29.3 Å². The van der Waals surface area contributed by atoms with Crippen molar-refractivity contribution >= 4 is 5.69 Å². The third-order valence-electron chi connectivity index (χ3n) is 3.59. The monoisotopic (exact) mass is 265 g/mol. The van der Waals surface area contributed by atoms with Gasteiger partial charge in [0.05, 0.1) is 11.6 Å². The van der Waals surface area contributed by atoms with Gasteiger partial charge in [-0.2, -0.15) is 5.26 Å². The van der Waals surface area contributed by atoms with Crippen LogP contribution in [0.15, 0.2) is 12.1 Å². The quantitative estimate of drug-likeness (QED) is 0.909. The zero-order chi connectivity index (χ0) is 13.8. The van der Waals surface area contributed by atoms with Crippen LogP contribution in [0.4, 0.5) is 14.5 Å². The smallest absolute Gasteiger partial charge is 0.150 e. The third kappa shape index (κ3) is 3.02. The third-order valence-corrected chi connectivity index (χ3v) is 3.59. The lowest BCUT2D eigenvalue weighted by Crippen LogP contribution is -2.34. The second kappa shape index (κ2) is 5.98. The summed E-state index contributed by atoms with van der Waals surface area (Å²) >= 11 is 0. The van der Waals surface area contributed by atoms with Crippen LogP contribution in [0, 0.1) is 23.0 Å². The van der Waals surface area contributed by atoms with Crippen molar-refractivity contribution in [1.29, 1.82) is 5.26 Å². The zero-order valence-electron chi connectivity index (χ0n) is 10.9. The van der Waals surface area contributed by atoms with Crippen LogP contribution in [0.3, 0.4) is 0 Å². The van der Waals surface area contributed by atoms with Crippen molar-refractivity contribution in [2.75, 3.05) is 25.0 Å². The molecule has 1 aliphatic heterocycles. The molecule has 3 nitrogen and oxygen atoms in total. The van der Waals surface area contributed by atoms with E-state index in [0.29, 0.717) is 12.6 Å². The molecule has 1 fully saturated rings. The molecular weight excluding hydrogens is 248 g/mol. The predicted molar refractivity (Wildman–Crippen MR) is 69.8 cm³/mol. The summed E-state index contributed by atoms with van der Waals surface area (Å²) in [6, 6.07) is 4.16. The highest BCUT2D eigenvalue weighted by molar-refractivity contribution is 5.50. The molecule has 1 heterocycles. The van der Waals surface area contributed by atoms with Gasteiger partial charge in [0.2, 0.25) is 0 Å². The molecule has 1 aliphatic rings. The molecule has 0 aromatic heterocycles. The number of halogens is 2. The summed E-state index contributed by atoms with van der Waals surface area (Å²) in [5.74, 6) is -1.42. The van der Waals surface area contributed by atoms with Gasteiger partial charge in [-0.15, -0.1) is 0 Å². The highest BCUT2D eigenvalue weighted by Crippen LogP contribution is 2.22. The molecular formula is C14H17F2N3. The average molecular weight is 265 g/mol. The van der Waals surface area contributed by atoms with E-state index in [1.54, 1.807) is 6.07 Å². The Balaban J connectivity index is 2.06. The first-order valence-electron chi connectivity index (χ1n) is 6.52. The van der Waals surface area contributed by atoms with Crippen molar-refractivity contribution in [3.8, 4) is 6.07 Å². The van der Waals surface area contributed by atoms with Gasteiger partial charge in [-0.25, -0.2) is 8.78 Å². The molecule has 19 heavy (non-hydrogen) atoms. The summed E-state index contributed by atoms with van der Waals surface area (Å²) in [6.07, 6.45) is 2.17. The van der Waals surface area contributed by atoms with E-state index in [0.717, 1.165) is 38.1 Å². The Kier molecular flexibility index (Phi) is 4.33. The fourth-order valence-corrected chi connectivity index (χ4v) is 2.57. The second-order valence-electron chi connectivity index (χ2n) is 4.73. The number of nitrogens with zero attached hydrogens (tertiary/aromatic N) is 2. The second-order valence-corrected chi connectivity index (χ2v) is 4.73. The van der Waals surface area contributed by atoms with E-state index in [4.69, 9.17) is 5.26 Å². The molecule has 1 unspecified atom stereocenters. The van der Waals surface area contributed by atoms with E-state index in [-0.39, 0.29) is 11.3 Å². The summed E-state index contributed by atoms with van der Waals surface area (Å²) in [6.45, 7) is 4.60. The molecule has 1 atom stereocenters. The van der Waals surface area contributed by atoms with Crippen molar-refractivity contribution in [3.63, 3.8) is 0 Å². The van der Waals surface area contributed by atoms with Crippen LogP contribution in [0.1, 0.15) is 25.3 Å². The van der Waals surface area contributed by atoms with Gasteiger partial charge in [0.15, 0.2) is 11.6 Å². The van der Waals surface area contributed by atoms with Crippen LogP contribution in [-0.4, -0.2) is 30.6 Å². The van der Waals surface area contributed by atoms with Gasteiger partial charge in [0, 0.05) is 12.6 Å². The fourth-order valence-electron chi connectivity index (χ4n) is 2.57. The van der Waals surface area contributed by atoms with Crippen molar-refractivity contribution < 1.29 is 8.78 Å². The Bertz CT molecular complexity index is 473. The predicted octanol–water partition coefficient (Wildman–Crippen LogP) is 2.73. The number of nitriles is 1. The summed E-state index contributed by atoms with van der Waals surface area (Å²) in [5, 5.41) is 11.5. The van der Waals surface area contributed by atoms with Crippen LogP contribution in [-0.2, 0) is 0 Å². The molecule has 0 radical (unpaired) electrons. The van der Waals surface area contributed by atoms with E-state index in [9.17, 15) is 8.78 Å². The van der Waals surface area contributed by atoms with Crippen LogP contribution in [0.25, 0.3) is 0 Å². The van der Waals surface area contributed by atoms with Gasteiger partial charge in [-0.1, -0.05) is 6.92 Å². The molecule has 102 valence electrons. The topological polar surface area (TPSA) is 39.1 Å². The Morgan fingerprint density at radius 1 is 1.42 bits per heavy atom. The van der Waals surface area contributed by atoms with E-state index >= 15 is 0 Å². The largest absolute Gasteiger partial charge is 0.379 e. The number of rotatable bonds is 4. The molecule has 1 N–H and O–H groups in total. The van der Waals surface area contributed by atoms with Gasteiger partial charge in [0.1, 0.15) is 5.69 Å². The van der Waals surface area contributed by atoms with Crippen molar-refractivity contribution in [2.45, 2.75) is 25.8 Å². The molecule has 0 spiro atoms. The number of hydrogen-bond donors (Lipinski definition) is 1. The summed E-state index contributed by atoms with van der Waals surface area (Å²) in [7, 11) is 0.